The number of pyridine rings is 1. The van der Waals surface area contributed by atoms with Crippen LogP contribution in [0.3, 0.4) is 0 Å². The lowest BCUT2D eigenvalue weighted by atomic mass is 10.2. The molecular weight excluding hydrogens is 450 g/mol. The molecule has 1 N–H and O–H groups in total. The molecule has 0 radical (unpaired) electrons. The Bertz CT molecular complexity index is 1490. The second-order valence-electron chi connectivity index (χ2n) is 7.99. The van der Waals surface area contributed by atoms with E-state index in [9.17, 15) is 4.79 Å². The average Bonchev–Trinajstić information content (AvgIpc) is 3.46. The number of carbonyl (C=O) groups is 1. The number of amides is 1. The van der Waals surface area contributed by atoms with Gasteiger partial charge in [0.2, 0.25) is 0 Å². The Balaban J connectivity index is 1.28. The minimum atomic E-state index is -0.368. The summed E-state index contributed by atoms with van der Waals surface area (Å²) < 4.78 is 7.57. The number of para-hydroxylation sites is 2. The molecule has 10 heteroatoms. The van der Waals surface area contributed by atoms with E-state index in [4.69, 9.17) is 9.72 Å². The molecule has 4 aromatic heterocycles. The van der Waals surface area contributed by atoms with Gasteiger partial charge in [0.15, 0.2) is 4.96 Å². The maximum atomic E-state index is 12.9. The Morgan fingerprint density at radius 2 is 1.91 bits per heavy atom. The van der Waals surface area contributed by atoms with Crippen LogP contribution >= 0.6 is 11.3 Å². The van der Waals surface area contributed by atoms with Gasteiger partial charge in [-0.3, -0.25) is 19.1 Å². The molecule has 0 atom stereocenters. The zero-order chi connectivity index (χ0) is 22.9. The highest BCUT2D eigenvalue weighted by atomic mass is 32.1. The Labute approximate surface area is 199 Å². The van der Waals surface area contributed by atoms with Crippen LogP contribution in [0.2, 0.25) is 0 Å². The Hall–Kier alpha value is -3.73. The number of aromatic nitrogens is 5. The van der Waals surface area contributed by atoms with Gasteiger partial charge in [0.05, 0.1) is 36.1 Å². The van der Waals surface area contributed by atoms with Gasteiger partial charge in [-0.15, -0.1) is 11.3 Å². The van der Waals surface area contributed by atoms with Crippen molar-refractivity contribution in [2.45, 2.75) is 6.54 Å². The first-order valence-electron chi connectivity index (χ1n) is 11.0. The van der Waals surface area contributed by atoms with Crippen molar-refractivity contribution in [2.75, 3.05) is 31.6 Å². The zero-order valence-electron chi connectivity index (χ0n) is 18.2. The van der Waals surface area contributed by atoms with Gasteiger partial charge in [0.25, 0.3) is 5.91 Å². The van der Waals surface area contributed by atoms with E-state index in [1.165, 1.54) is 11.9 Å². The summed E-state index contributed by atoms with van der Waals surface area (Å²) in [5.74, 6) is 0.0650. The van der Waals surface area contributed by atoms with Crippen LogP contribution in [0.1, 0.15) is 16.2 Å². The van der Waals surface area contributed by atoms with E-state index in [0.29, 0.717) is 11.3 Å². The van der Waals surface area contributed by atoms with Crippen molar-refractivity contribution in [3.63, 3.8) is 0 Å². The van der Waals surface area contributed by atoms with Crippen molar-refractivity contribution >= 4 is 39.1 Å². The molecule has 9 nitrogen and oxygen atoms in total. The van der Waals surface area contributed by atoms with Crippen molar-refractivity contribution in [1.29, 1.82) is 0 Å². The van der Waals surface area contributed by atoms with E-state index in [-0.39, 0.29) is 11.6 Å². The molecule has 0 aliphatic carbocycles. The molecule has 1 amide bonds. The molecule has 34 heavy (non-hydrogen) atoms. The minimum Gasteiger partial charge on any atom is -0.379 e. The molecule has 1 aromatic carbocycles. The molecule has 1 saturated heterocycles. The topological polar surface area (TPSA) is 97.5 Å². The highest BCUT2D eigenvalue weighted by Gasteiger charge is 2.18. The molecule has 0 unspecified atom stereocenters. The lowest BCUT2D eigenvalue weighted by Gasteiger charge is -2.26. The monoisotopic (exact) mass is 471 g/mol. The summed E-state index contributed by atoms with van der Waals surface area (Å²) >= 11 is 1.60. The highest BCUT2D eigenvalue weighted by Crippen LogP contribution is 2.29. The number of thiazole rings is 1. The minimum absolute atomic E-state index is 0.230. The van der Waals surface area contributed by atoms with E-state index >= 15 is 0 Å². The van der Waals surface area contributed by atoms with Crippen LogP contribution in [-0.2, 0) is 11.3 Å². The summed E-state index contributed by atoms with van der Waals surface area (Å²) in [5, 5.41) is 5.03. The number of carbonyl (C=O) groups excluding carboxylic acids is 1. The van der Waals surface area contributed by atoms with Crippen molar-refractivity contribution in [3.05, 3.63) is 71.8 Å². The van der Waals surface area contributed by atoms with Crippen molar-refractivity contribution in [1.82, 2.24) is 29.2 Å². The van der Waals surface area contributed by atoms with Gasteiger partial charge in [-0.05, 0) is 24.3 Å². The largest absolute Gasteiger partial charge is 0.379 e. The summed E-state index contributed by atoms with van der Waals surface area (Å²) in [6.45, 7) is 4.23. The summed E-state index contributed by atoms with van der Waals surface area (Å²) in [6, 6.07) is 11.2. The van der Waals surface area contributed by atoms with Crippen LogP contribution in [0.5, 0.6) is 0 Å². The summed E-state index contributed by atoms with van der Waals surface area (Å²) in [5.41, 5.74) is 4.32. The van der Waals surface area contributed by atoms with Crippen molar-refractivity contribution in [3.8, 4) is 11.3 Å². The van der Waals surface area contributed by atoms with Gasteiger partial charge in [-0.2, -0.15) is 0 Å². The number of rotatable bonds is 5. The highest BCUT2D eigenvalue weighted by molar-refractivity contribution is 7.15. The fourth-order valence-electron chi connectivity index (χ4n) is 4.01. The Morgan fingerprint density at radius 3 is 2.79 bits per heavy atom. The molecule has 0 bridgehead atoms. The number of nitrogens with one attached hydrogen (secondary N) is 1. The normalized spacial score (nSPS) is 14.6. The van der Waals surface area contributed by atoms with E-state index in [2.05, 4.69) is 34.9 Å². The Kier molecular flexibility index (Phi) is 5.46. The van der Waals surface area contributed by atoms with Crippen molar-refractivity contribution in [2.24, 2.45) is 0 Å². The number of ether oxygens (including phenoxy) is 1. The maximum Gasteiger partial charge on any atom is 0.277 e. The molecule has 1 aliphatic rings. The van der Waals surface area contributed by atoms with Gasteiger partial charge < -0.3 is 10.1 Å². The first-order chi connectivity index (χ1) is 16.7. The van der Waals surface area contributed by atoms with E-state index in [1.807, 2.05) is 42.6 Å². The predicted molar refractivity (Wildman–Crippen MR) is 130 cm³/mol. The summed E-state index contributed by atoms with van der Waals surface area (Å²) in [7, 11) is 0. The average molecular weight is 472 g/mol. The van der Waals surface area contributed by atoms with Crippen LogP contribution < -0.4 is 5.32 Å². The van der Waals surface area contributed by atoms with Gasteiger partial charge >= 0.3 is 0 Å². The number of morpholine rings is 1. The van der Waals surface area contributed by atoms with Crippen LogP contribution in [0.15, 0.2) is 60.4 Å². The molecular formula is C24H21N7O2S. The summed E-state index contributed by atoms with van der Waals surface area (Å²) in [4.78, 5) is 34.2. The van der Waals surface area contributed by atoms with E-state index in [0.717, 1.165) is 54.6 Å². The smallest absolute Gasteiger partial charge is 0.277 e. The second kappa shape index (κ2) is 8.90. The van der Waals surface area contributed by atoms with E-state index < -0.39 is 0 Å². The first-order valence-corrected chi connectivity index (χ1v) is 11.9. The first kappa shape index (κ1) is 20.8. The fourth-order valence-corrected chi connectivity index (χ4v) is 4.88. The molecule has 170 valence electrons. The lowest BCUT2D eigenvalue weighted by molar-refractivity contribution is 0.0336. The van der Waals surface area contributed by atoms with Crippen LogP contribution in [0.25, 0.3) is 27.3 Å². The van der Waals surface area contributed by atoms with Crippen LogP contribution in [0, 0.1) is 0 Å². The second-order valence-corrected chi connectivity index (χ2v) is 8.83. The SMILES string of the molecule is O=C(Nc1ncccc1-c1cn2c(CN3CCOCC3)csc2n1)c1cnc2ccccc2n1. The fraction of sp³-hybridized carbons (Fsp3) is 0.208. The van der Waals surface area contributed by atoms with Gasteiger partial charge in [-0.1, -0.05) is 12.1 Å². The lowest BCUT2D eigenvalue weighted by Crippen LogP contribution is -2.35. The molecule has 0 saturated carbocycles. The number of fused-ring (bicyclic) bond motifs is 2. The Morgan fingerprint density at radius 1 is 1.06 bits per heavy atom. The van der Waals surface area contributed by atoms with Crippen LogP contribution in [-0.4, -0.2) is 61.4 Å². The van der Waals surface area contributed by atoms with Gasteiger partial charge in [-0.25, -0.2) is 15.0 Å². The van der Waals surface area contributed by atoms with Gasteiger partial charge in [0, 0.05) is 48.7 Å². The number of anilines is 1. The van der Waals surface area contributed by atoms with Gasteiger partial charge in [0.1, 0.15) is 11.5 Å². The number of nitrogens with zero attached hydrogens (tertiary/aromatic N) is 6. The number of imidazole rings is 1. The molecule has 1 fully saturated rings. The quantitative estimate of drug-likeness (QED) is 0.419. The van der Waals surface area contributed by atoms with E-state index in [1.54, 1.807) is 17.5 Å². The number of benzene rings is 1. The maximum absolute atomic E-state index is 12.9. The number of hydrogen-bond acceptors (Lipinski definition) is 8. The zero-order valence-corrected chi connectivity index (χ0v) is 19.0. The third-order valence-electron chi connectivity index (χ3n) is 5.77. The predicted octanol–water partition coefficient (Wildman–Crippen LogP) is 3.49. The summed E-state index contributed by atoms with van der Waals surface area (Å²) in [6.07, 6.45) is 5.13. The third kappa shape index (κ3) is 4.03. The molecule has 6 rings (SSSR count). The van der Waals surface area contributed by atoms with Crippen LogP contribution in [0.4, 0.5) is 5.82 Å². The molecule has 5 heterocycles. The molecule has 5 aromatic rings. The third-order valence-corrected chi connectivity index (χ3v) is 6.66. The molecule has 0 spiro atoms. The molecule has 1 aliphatic heterocycles. The number of hydrogen-bond donors (Lipinski definition) is 1. The van der Waals surface area contributed by atoms with Crippen molar-refractivity contribution < 1.29 is 9.53 Å². The standard InChI is InChI=1S/C24H21N7O2S/c32-23(20-12-26-18-5-1-2-6-19(18)27-20)29-22-17(4-3-7-25-22)21-14-31-16(15-34-24(31)28-21)13-30-8-10-33-11-9-30/h1-7,12,14-15H,8-11,13H2,(H,25,29,32).